The molecule has 0 fully saturated rings. The molecule has 0 aliphatic heterocycles. The molecule has 0 unspecified atom stereocenters. The van der Waals surface area contributed by atoms with Gasteiger partial charge in [0.25, 0.3) is 0 Å². The van der Waals surface area contributed by atoms with Crippen LogP contribution in [0, 0.1) is 17.7 Å². The zero-order valence-corrected chi connectivity index (χ0v) is 12.8. The van der Waals surface area contributed by atoms with E-state index in [2.05, 4.69) is 33.6 Å². The number of aliphatic hydroxyl groups excluding tert-OH is 1. The van der Waals surface area contributed by atoms with E-state index in [1.165, 1.54) is 11.6 Å². The summed E-state index contributed by atoms with van der Waals surface area (Å²) < 4.78 is 13.7. The summed E-state index contributed by atoms with van der Waals surface area (Å²) in [5, 5.41) is 12.9. The normalized spacial score (nSPS) is 10.5. The van der Waals surface area contributed by atoms with Crippen molar-refractivity contribution < 1.29 is 9.50 Å². The molecule has 110 valence electrons. The molecule has 1 aromatic heterocycles. The third-order valence-corrected chi connectivity index (χ3v) is 3.71. The van der Waals surface area contributed by atoms with E-state index in [9.17, 15) is 4.39 Å². The number of thiophene rings is 1. The van der Waals surface area contributed by atoms with Crippen LogP contribution in [0.25, 0.3) is 0 Å². The van der Waals surface area contributed by atoms with Crippen LogP contribution in [-0.2, 0) is 13.1 Å². The molecule has 4 heteroatoms. The molecular weight excluding hydrogens is 285 g/mol. The largest absolute Gasteiger partial charge is 0.395 e. The van der Waals surface area contributed by atoms with Gasteiger partial charge in [-0.15, -0.1) is 0 Å². The summed E-state index contributed by atoms with van der Waals surface area (Å²) in [6.07, 6.45) is 0.363. The van der Waals surface area contributed by atoms with Gasteiger partial charge in [-0.2, -0.15) is 11.3 Å². The Morgan fingerprint density at radius 3 is 2.76 bits per heavy atom. The van der Waals surface area contributed by atoms with Gasteiger partial charge in [-0.05, 0) is 47.1 Å². The number of rotatable bonds is 5. The van der Waals surface area contributed by atoms with Crippen molar-refractivity contribution in [2.45, 2.75) is 19.5 Å². The number of hydrogen-bond acceptors (Lipinski definition) is 3. The molecule has 0 bridgehead atoms. The molecular formula is C17H18FNOS. The van der Waals surface area contributed by atoms with Crippen molar-refractivity contribution in [3.63, 3.8) is 0 Å². The van der Waals surface area contributed by atoms with Crippen LogP contribution < -0.4 is 0 Å². The third-order valence-electron chi connectivity index (χ3n) is 2.98. The van der Waals surface area contributed by atoms with Gasteiger partial charge in [0.15, 0.2) is 0 Å². The quantitative estimate of drug-likeness (QED) is 0.857. The van der Waals surface area contributed by atoms with Gasteiger partial charge in [-0.1, -0.05) is 17.9 Å². The predicted molar refractivity (Wildman–Crippen MR) is 84.5 cm³/mol. The molecule has 0 aliphatic carbocycles. The van der Waals surface area contributed by atoms with E-state index in [4.69, 9.17) is 5.11 Å². The van der Waals surface area contributed by atoms with Gasteiger partial charge in [0.1, 0.15) is 5.82 Å². The highest BCUT2D eigenvalue weighted by Gasteiger charge is 2.05. The lowest BCUT2D eigenvalue weighted by atomic mass is 10.1. The zero-order chi connectivity index (χ0) is 15.1. The first-order chi connectivity index (χ1) is 10.2. The van der Waals surface area contributed by atoms with Gasteiger partial charge in [-0.25, -0.2) is 4.39 Å². The van der Waals surface area contributed by atoms with Gasteiger partial charge < -0.3 is 5.11 Å². The van der Waals surface area contributed by atoms with E-state index in [1.54, 1.807) is 23.5 Å². The van der Waals surface area contributed by atoms with Gasteiger partial charge >= 0.3 is 0 Å². The smallest absolute Gasteiger partial charge is 0.138 e. The number of benzene rings is 1. The van der Waals surface area contributed by atoms with Gasteiger partial charge in [0, 0.05) is 19.5 Å². The highest BCUT2D eigenvalue weighted by molar-refractivity contribution is 7.07. The number of aliphatic hydroxyl groups is 1. The summed E-state index contributed by atoms with van der Waals surface area (Å²) in [5.41, 5.74) is 2.71. The minimum Gasteiger partial charge on any atom is -0.395 e. The first-order valence-corrected chi connectivity index (χ1v) is 7.71. The predicted octanol–water partition coefficient (Wildman–Crippen LogP) is 3.25. The Balaban J connectivity index is 2.03. The zero-order valence-electron chi connectivity index (χ0n) is 12.0. The topological polar surface area (TPSA) is 23.5 Å². The lowest BCUT2D eigenvalue weighted by Gasteiger charge is -2.16. The molecule has 0 saturated carbocycles. The summed E-state index contributed by atoms with van der Waals surface area (Å²) >= 11 is 1.69. The van der Waals surface area contributed by atoms with Crippen molar-refractivity contribution >= 4 is 11.3 Å². The van der Waals surface area contributed by atoms with Crippen molar-refractivity contribution in [2.24, 2.45) is 0 Å². The van der Waals surface area contributed by atoms with Crippen molar-refractivity contribution in [1.29, 1.82) is 0 Å². The third kappa shape index (κ3) is 4.98. The van der Waals surface area contributed by atoms with E-state index >= 15 is 0 Å². The van der Waals surface area contributed by atoms with Crippen LogP contribution in [0.4, 0.5) is 4.39 Å². The minimum absolute atomic E-state index is 0.00229. The Kier molecular flexibility index (Phi) is 5.94. The molecule has 1 aromatic carbocycles. The second-order valence-corrected chi connectivity index (χ2v) is 5.67. The van der Waals surface area contributed by atoms with Crippen LogP contribution in [0.5, 0.6) is 0 Å². The van der Waals surface area contributed by atoms with Crippen LogP contribution >= 0.6 is 11.3 Å². The summed E-state index contributed by atoms with van der Waals surface area (Å²) in [5.74, 6) is 5.21. The number of nitrogens with zero attached hydrogens (tertiary/aromatic N) is 1. The first kappa shape index (κ1) is 15.7. The highest BCUT2D eigenvalue weighted by Crippen LogP contribution is 2.14. The Labute approximate surface area is 128 Å². The molecule has 0 atom stereocenters. The molecule has 0 aliphatic rings. The lowest BCUT2D eigenvalue weighted by Crippen LogP contribution is -2.16. The Morgan fingerprint density at radius 1 is 1.24 bits per heavy atom. The fraction of sp³-hybridized carbons (Fsp3) is 0.294. The summed E-state index contributed by atoms with van der Waals surface area (Å²) in [4.78, 5) is 2.18. The number of hydrogen-bond donors (Lipinski definition) is 1. The molecule has 2 aromatic rings. The fourth-order valence-electron chi connectivity index (χ4n) is 2.04. The van der Waals surface area contributed by atoms with Crippen molar-refractivity contribution in [3.8, 4) is 11.8 Å². The molecule has 1 N–H and O–H groups in total. The van der Waals surface area contributed by atoms with Crippen LogP contribution in [0.1, 0.15) is 23.1 Å². The molecule has 21 heavy (non-hydrogen) atoms. The van der Waals surface area contributed by atoms with Crippen molar-refractivity contribution in [2.75, 3.05) is 13.7 Å². The fourth-order valence-corrected chi connectivity index (χ4v) is 2.70. The van der Waals surface area contributed by atoms with Crippen molar-refractivity contribution in [1.82, 2.24) is 4.90 Å². The average Bonchev–Trinajstić information content (AvgIpc) is 2.95. The lowest BCUT2D eigenvalue weighted by molar-refractivity contribution is 0.305. The molecule has 2 nitrogen and oxygen atoms in total. The van der Waals surface area contributed by atoms with E-state index < -0.39 is 0 Å². The molecule has 0 spiro atoms. The molecule has 0 radical (unpaired) electrons. The maximum Gasteiger partial charge on any atom is 0.138 e. The van der Waals surface area contributed by atoms with E-state index in [0.29, 0.717) is 12.0 Å². The summed E-state index contributed by atoms with van der Waals surface area (Å²) in [7, 11) is 2.04. The maximum atomic E-state index is 13.7. The minimum atomic E-state index is -0.315. The molecule has 1 heterocycles. The maximum absolute atomic E-state index is 13.7. The van der Waals surface area contributed by atoms with E-state index in [-0.39, 0.29) is 12.4 Å². The molecule has 2 rings (SSSR count). The van der Waals surface area contributed by atoms with Gasteiger partial charge in [0.2, 0.25) is 0 Å². The number of halogens is 1. The Morgan fingerprint density at radius 2 is 2.05 bits per heavy atom. The van der Waals surface area contributed by atoms with Crippen LogP contribution in [0.15, 0.2) is 35.0 Å². The summed E-state index contributed by atoms with van der Waals surface area (Å²) in [6, 6.07) is 7.13. The monoisotopic (exact) mass is 303 g/mol. The SMILES string of the molecule is CN(Cc1ccsc1)Cc1ccc(F)c(C#CCCO)c1. The Bertz CT molecular complexity index is 628. The standard InChI is InChI=1S/C17H18FNOS/c1-19(12-15-7-9-21-13-15)11-14-5-6-17(18)16(10-14)4-2-3-8-20/h5-7,9-10,13,20H,3,8,11-12H2,1H3. The molecule has 0 amide bonds. The highest BCUT2D eigenvalue weighted by atomic mass is 32.1. The summed E-state index contributed by atoms with van der Waals surface area (Å²) in [6.45, 7) is 1.61. The second-order valence-electron chi connectivity index (χ2n) is 4.89. The van der Waals surface area contributed by atoms with E-state index in [0.717, 1.165) is 18.7 Å². The van der Waals surface area contributed by atoms with Crippen LogP contribution in [0.3, 0.4) is 0 Å². The van der Waals surface area contributed by atoms with Gasteiger partial charge in [-0.3, -0.25) is 4.90 Å². The Hall–Kier alpha value is -1.67. The first-order valence-electron chi connectivity index (χ1n) is 6.77. The van der Waals surface area contributed by atoms with Crippen LogP contribution in [-0.4, -0.2) is 23.7 Å². The van der Waals surface area contributed by atoms with Crippen molar-refractivity contribution in [3.05, 3.63) is 57.5 Å². The molecule has 0 saturated heterocycles. The van der Waals surface area contributed by atoms with Crippen LogP contribution in [0.2, 0.25) is 0 Å². The second kappa shape index (κ2) is 7.94. The average molecular weight is 303 g/mol. The van der Waals surface area contributed by atoms with Gasteiger partial charge in [0.05, 0.1) is 12.2 Å². The van der Waals surface area contributed by atoms with E-state index in [1.807, 2.05) is 7.05 Å².